The van der Waals surface area contributed by atoms with Gasteiger partial charge < -0.3 is 4.90 Å². The average molecular weight is 605 g/mol. The molecule has 224 valence electrons. The highest BCUT2D eigenvalue weighted by atomic mass is 32.2. The number of amides is 1. The van der Waals surface area contributed by atoms with Gasteiger partial charge in [0.2, 0.25) is 0 Å². The number of thioether (sulfide) groups is 1. The Kier molecular flexibility index (Phi) is 11.9. The Morgan fingerprint density at radius 1 is 1.00 bits per heavy atom. The Hall–Kier alpha value is -2.89. The normalized spacial score (nSPS) is 17.0. The van der Waals surface area contributed by atoms with Gasteiger partial charge in [-0.05, 0) is 62.1 Å². The fourth-order valence-corrected chi connectivity index (χ4v) is 7.38. The summed E-state index contributed by atoms with van der Waals surface area (Å²) in [7, 11) is 0. The summed E-state index contributed by atoms with van der Waals surface area (Å²) in [6, 6.07) is 12.8. The van der Waals surface area contributed by atoms with Gasteiger partial charge in [-0.15, -0.1) is 0 Å². The lowest BCUT2D eigenvalue weighted by Crippen LogP contribution is -2.40. The van der Waals surface area contributed by atoms with E-state index in [1.807, 2.05) is 19.9 Å². The van der Waals surface area contributed by atoms with Gasteiger partial charge in [-0.3, -0.25) is 19.1 Å². The second-order valence-electron chi connectivity index (χ2n) is 11.5. The molecule has 0 unspecified atom stereocenters. The number of nitrogens with zero attached hydrogens (tertiary/aromatic N) is 4. The predicted molar refractivity (Wildman–Crippen MR) is 179 cm³/mol. The number of carbonyl (C=O) groups excluding carboxylic acids is 1. The largest absolute Gasteiger partial charge is 0.357 e. The van der Waals surface area contributed by atoms with Crippen LogP contribution in [0, 0.1) is 24.2 Å². The number of unbranched alkanes of at least 4 members (excludes halogenated alkanes) is 5. The standard InChI is InChI=1S/C34H44N4O2S2/c1-4-6-7-8-9-13-19-38-33(40)30(42-34(38)41)23-28-25(3)29(24-35)32(39)37(18-5-2)31(28)36-20-16-27(17-21-36)22-26-14-11-10-12-15-26/h10-12,14-15,23,27H,4-9,13,16-22H2,1-3H3/b30-23-. The lowest BCUT2D eigenvalue weighted by atomic mass is 9.90. The minimum Gasteiger partial charge on any atom is -0.357 e. The molecule has 2 aliphatic heterocycles. The Bertz CT molecular complexity index is 1380. The second kappa shape index (κ2) is 15.5. The van der Waals surface area contributed by atoms with Crippen molar-refractivity contribution >= 4 is 46.1 Å². The zero-order valence-corrected chi connectivity index (χ0v) is 27.0. The first-order valence-corrected chi connectivity index (χ1v) is 16.8. The first-order valence-electron chi connectivity index (χ1n) is 15.6. The van der Waals surface area contributed by atoms with E-state index >= 15 is 0 Å². The van der Waals surface area contributed by atoms with Crippen LogP contribution in [-0.2, 0) is 17.8 Å². The van der Waals surface area contributed by atoms with Gasteiger partial charge >= 0.3 is 0 Å². The summed E-state index contributed by atoms with van der Waals surface area (Å²) in [6.45, 7) is 8.89. The summed E-state index contributed by atoms with van der Waals surface area (Å²) in [5, 5.41) is 9.97. The minimum absolute atomic E-state index is 0.0720. The van der Waals surface area contributed by atoms with Crippen LogP contribution in [0.2, 0.25) is 0 Å². The van der Waals surface area contributed by atoms with Crippen LogP contribution in [0.5, 0.6) is 0 Å². The fraction of sp³-hybridized carbons (Fsp3) is 0.529. The third kappa shape index (κ3) is 7.54. The Morgan fingerprint density at radius 2 is 1.69 bits per heavy atom. The van der Waals surface area contributed by atoms with Crippen molar-refractivity contribution in [1.82, 2.24) is 9.47 Å². The smallest absolute Gasteiger partial charge is 0.270 e. The Labute approximate surface area is 260 Å². The Morgan fingerprint density at radius 3 is 2.36 bits per heavy atom. The van der Waals surface area contributed by atoms with Crippen molar-refractivity contribution in [2.75, 3.05) is 24.5 Å². The van der Waals surface area contributed by atoms with Gasteiger partial charge in [-0.1, -0.05) is 100 Å². The molecule has 0 aliphatic carbocycles. The van der Waals surface area contributed by atoms with Gasteiger partial charge in [0.25, 0.3) is 11.5 Å². The molecular weight excluding hydrogens is 561 g/mol. The molecule has 0 N–H and O–H groups in total. The van der Waals surface area contributed by atoms with Gasteiger partial charge in [0.15, 0.2) is 0 Å². The first-order chi connectivity index (χ1) is 20.4. The van der Waals surface area contributed by atoms with Crippen LogP contribution >= 0.6 is 24.0 Å². The SMILES string of the molecule is CCCCCCCCN1C(=O)/C(=C/c2c(C)c(C#N)c(=O)n(CCC)c2N2CCC(Cc3ccccc3)CC2)SC1=S. The number of benzene rings is 1. The summed E-state index contributed by atoms with van der Waals surface area (Å²) in [5.41, 5.74) is 2.70. The number of pyridine rings is 1. The second-order valence-corrected chi connectivity index (χ2v) is 13.2. The van der Waals surface area contributed by atoms with Gasteiger partial charge in [-0.2, -0.15) is 5.26 Å². The molecule has 6 nitrogen and oxygen atoms in total. The van der Waals surface area contributed by atoms with Crippen molar-refractivity contribution in [1.29, 1.82) is 5.26 Å². The average Bonchev–Trinajstić information content (AvgIpc) is 3.26. The molecule has 42 heavy (non-hydrogen) atoms. The van der Waals surface area contributed by atoms with Crippen molar-refractivity contribution < 1.29 is 4.79 Å². The van der Waals surface area contributed by atoms with Crippen LogP contribution < -0.4 is 10.5 Å². The van der Waals surface area contributed by atoms with Crippen molar-refractivity contribution in [2.45, 2.75) is 91.5 Å². The molecule has 0 spiro atoms. The van der Waals surface area contributed by atoms with Gasteiger partial charge in [0.05, 0.1) is 4.91 Å². The van der Waals surface area contributed by atoms with E-state index in [9.17, 15) is 14.9 Å². The number of aromatic nitrogens is 1. The van der Waals surface area contributed by atoms with Crippen molar-refractivity contribution in [2.24, 2.45) is 5.92 Å². The highest BCUT2D eigenvalue weighted by Crippen LogP contribution is 2.37. The van der Waals surface area contributed by atoms with Crippen molar-refractivity contribution in [3.05, 3.63) is 67.8 Å². The number of carbonyl (C=O) groups is 1. The molecule has 8 heteroatoms. The summed E-state index contributed by atoms with van der Waals surface area (Å²) in [5.74, 6) is 1.34. The maximum atomic E-state index is 13.5. The van der Waals surface area contributed by atoms with E-state index in [0.717, 1.165) is 63.0 Å². The molecule has 0 bridgehead atoms. The molecule has 1 aromatic heterocycles. The Balaban J connectivity index is 1.61. The number of hydrogen-bond donors (Lipinski definition) is 0. The molecule has 1 amide bonds. The fourth-order valence-electron chi connectivity index (χ4n) is 6.09. The molecule has 4 rings (SSSR count). The van der Waals surface area contributed by atoms with Crippen LogP contribution in [0.25, 0.3) is 6.08 Å². The molecule has 2 fully saturated rings. The molecule has 1 aromatic carbocycles. The van der Waals surface area contributed by atoms with Crippen molar-refractivity contribution in [3.63, 3.8) is 0 Å². The molecule has 0 radical (unpaired) electrons. The quantitative estimate of drug-likeness (QED) is 0.134. The van der Waals surface area contributed by atoms with E-state index in [2.05, 4.69) is 48.2 Å². The van der Waals surface area contributed by atoms with E-state index < -0.39 is 0 Å². The zero-order chi connectivity index (χ0) is 30.1. The highest BCUT2D eigenvalue weighted by molar-refractivity contribution is 8.26. The summed E-state index contributed by atoms with van der Waals surface area (Å²) in [6.07, 6.45) is 12.7. The summed E-state index contributed by atoms with van der Waals surface area (Å²) >= 11 is 6.97. The molecule has 2 saturated heterocycles. The number of rotatable bonds is 13. The molecular formula is C34H44N4O2S2. The van der Waals surface area contributed by atoms with E-state index in [1.54, 1.807) is 9.47 Å². The number of thiocarbonyl (C=S) groups is 1. The third-order valence-electron chi connectivity index (χ3n) is 8.46. The van der Waals surface area contributed by atoms with E-state index in [4.69, 9.17) is 12.2 Å². The van der Waals surface area contributed by atoms with Crippen LogP contribution in [0.3, 0.4) is 0 Å². The minimum atomic E-state index is -0.244. The number of nitriles is 1. The lowest BCUT2D eigenvalue weighted by molar-refractivity contribution is -0.122. The number of hydrogen-bond acceptors (Lipinski definition) is 6. The number of piperidine rings is 1. The maximum Gasteiger partial charge on any atom is 0.270 e. The van der Waals surface area contributed by atoms with E-state index in [0.29, 0.717) is 33.8 Å². The number of anilines is 1. The molecule has 0 saturated carbocycles. The zero-order valence-electron chi connectivity index (χ0n) is 25.4. The molecule has 3 heterocycles. The van der Waals surface area contributed by atoms with Crippen LogP contribution in [-0.4, -0.2) is 39.3 Å². The lowest BCUT2D eigenvalue weighted by Gasteiger charge is -2.36. The van der Waals surface area contributed by atoms with Gasteiger partial charge in [0, 0.05) is 31.7 Å². The summed E-state index contributed by atoms with van der Waals surface area (Å²) < 4.78 is 2.36. The van der Waals surface area contributed by atoms with E-state index in [-0.39, 0.29) is 17.0 Å². The highest BCUT2D eigenvalue weighted by Gasteiger charge is 2.33. The topological polar surface area (TPSA) is 69.3 Å². The van der Waals surface area contributed by atoms with Crippen LogP contribution in [0.4, 0.5) is 5.82 Å². The van der Waals surface area contributed by atoms with E-state index in [1.165, 1.54) is 43.0 Å². The van der Waals surface area contributed by atoms with Gasteiger partial charge in [0.1, 0.15) is 21.8 Å². The van der Waals surface area contributed by atoms with Gasteiger partial charge in [-0.25, -0.2) is 0 Å². The van der Waals surface area contributed by atoms with Crippen LogP contribution in [0.1, 0.15) is 93.9 Å². The monoisotopic (exact) mass is 604 g/mol. The van der Waals surface area contributed by atoms with Crippen LogP contribution in [0.15, 0.2) is 40.0 Å². The first kappa shape index (κ1) is 32.0. The maximum absolute atomic E-state index is 13.5. The molecule has 2 aliphatic rings. The third-order valence-corrected chi connectivity index (χ3v) is 9.84. The molecule has 0 atom stereocenters. The van der Waals surface area contributed by atoms with Crippen molar-refractivity contribution in [3.8, 4) is 6.07 Å². The predicted octanol–water partition coefficient (Wildman–Crippen LogP) is 7.46. The summed E-state index contributed by atoms with van der Waals surface area (Å²) in [4.78, 5) is 31.7. The molecule has 2 aromatic rings.